The minimum atomic E-state index is 0.442. The molecule has 17 heavy (non-hydrogen) atoms. The molecule has 86 valence electrons. The van der Waals surface area contributed by atoms with Gasteiger partial charge in [-0.05, 0) is 56.9 Å². The van der Waals surface area contributed by atoms with E-state index < -0.39 is 0 Å². The van der Waals surface area contributed by atoms with Crippen molar-refractivity contribution in [1.29, 1.82) is 0 Å². The predicted octanol–water partition coefficient (Wildman–Crippen LogP) is 3.28. The van der Waals surface area contributed by atoms with Gasteiger partial charge < -0.3 is 4.52 Å². The fraction of sp³-hybridized carbons (Fsp3) is 0.385. The smallest absolute Gasteiger partial charge is 0.238 e. The average Bonchev–Trinajstić information content (AvgIpc) is 2.96. The van der Waals surface area contributed by atoms with Gasteiger partial charge in [0.2, 0.25) is 10.6 Å². The van der Waals surface area contributed by atoms with Crippen LogP contribution in [0.1, 0.15) is 35.3 Å². The Morgan fingerprint density at radius 1 is 1.24 bits per heavy atom. The molecule has 1 saturated carbocycles. The molecule has 1 aromatic carbocycles. The summed E-state index contributed by atoms with van der Waals surface area (Å²) in [7, 11) is 0. The molecule has 0 aliphatic heterocycles. The quantitative estimate of drug-likeness (QED) is 0.809. The van der Waals surface area contributed by atoms with Crippen molar-refractivity contribution < 1.29 is 4.52 Å². The monoisotopic (exact) mass is 290 g/mol. The molecule has 0 bridgehead atoms. The summed E-state index contributed by atoms with van der Waals surface area (Å²) >= 11 is 3.24. The minimum Gasteiger partial charge on any atom is -0.338 e. The number of halogens is 1. The Hall–Kier alpha value is -1.16. The lowest BCUT2D eigenvalue weighted by Crippen LogP contribution is -2.00. The first-order chi connectivity index (χ1) is 8.34. The van der Waals surface area contributed by atoms with Crippen LogP contribution in [0.2, 0.25) is 0 Å². The van der Waals surface area contributed by atoms with Gasteiger partial charge in [-0.2, -0.15) is 4.98 Å². The molecule has 1 aromatic heterocycles. The molecule has 4 rings (SSSR count). The van der Waals surface area contributed by atoms with E-state index in [9.17, 15) is 0 Å². The molecule has 1 fully saturated rings. The van der Waals surface area contributed by atoms with Crippen molar-refractivity contribution in [1.82, 2.24) is 10.1 Å². The first-order valence-corrected chi connectivity index (χ1v) is 6.71. The lowest BCUT2D eigenvalue weighted by molar-refractivity contribution is 0.371. The van der Waals surface area contributed by atoms with Crippen LogP contribution >= 0.6 is 15.9 Å². The summed E-state index contributed by atoms with van der Waals surface area (Å²) in [6.45, 7) is 0. The Bertz CT molecular complexity index is 580. The summed E-state index contributed by atoms with van der Waals surface area (Å²) in [4.78, 5) is 4.31. The van der Waals surface area contributed by atoms with Gasteiger partial charge in [-0.1, -0.05) is 24.3 Å². The zero-order valence-electron chi connectivity index (χ0n) is 9.14. The molecular formula is C13H11BrN2O. The summed E-state index contributed by atoms with van der Waals surface area (Å²) < 4.78 is 5.85. The Kier molecular flexibility index (Phi) is 1.98. The van der Waals surface area contributed by atoms with E-state index in [-0.39, 0.29) is 0 Å². The molecule has 3 unspecified atom stereocenters. The van der Waals surface area contributed by atoms with E-state index in [0.717, 1.165) is 5.89 Å². The van der Waals surface area contributed by atoms with Crippen LogP contribution in [0.4, 0.5) is 0 Å². The number of rotatable bonds is 1. The molecule has 0 radical (unpaired) electrons. The van der Waals surface area contributed by atoms with Crippen LogP contribution in [0.25, 0.3) is 0 Å². The number of aryl methyl sites for hydroxylation is 1. The van der Waals surface area contributed by atoms with E-state index in [1.54, 1.807) is 0 Å². The van der Waals surface area contributed by atoms with E-state index >= 15 is 0 Å². The first kappa shape index (κ1) is 9.83. The van der Waals surface area contributed by atoms with Gasteiger partial charge in [0.1, 0.15) is 0 Å². The highest BCUT2D eigenvalue weighted by Gasteiger charge is 2.56. The normalized spacial score (nSPS) is 29.6. The topological polar surface area (TPSA) is 38.9 Å². The summed E-state index contributed by atoms with van der Waals surface area (Å²) in [6, 6.07) is 8.74. The van der Waals surface area contributed by atoms with Crippen LogP contribution in [0.3, 0.4) is 0 Å². The van der Waals surface area contributed by atoms with Crippen LogP contribution in [-0.4, -0.2) is 10.1 Å². The summed E-state index contributed by atoms with van der Waals surface area (Å²) in [6.07, 6.45) is 2.43. The van der Waals surface area contributed by atoms with Gasteiger partial charge in [0, 0.05) is 5.92 Å². The molecule has 0 saturated heterocycles. The molecule has 0 amide bonds. The zero-order chi connectivity index (χ0) is 11.4. The van der Waals surface area contributed by atoms with Crippen molar-refractivity contribution in [2.24, 2.45) is 5.92 Å². The molecular weight excluding hydrogens is 280 g/mol. The number of nitrogens with zero attached hydrogens (tertiary/aromatic N) is 2. The minimum absolute atomic E-state index is 0.442. The number of benzene rings is 1. The van der Waals surface area contributed by atoms with Crippen LogP contribution in [0.15, 0.2) is 33.5 Å². The van der Waals surface area contributed by atoms with Gasteiger partial charge in [0.05, 0.1) is 0 Å². The fourth-order valence-corrected chi connectivity index (χ4v) is 3.50. The van der Waals surface area contributed by atoms with Gasteiger partial charge in [0.15, 0.2) is 0 Å². The summed E-state index contributed by atoms with van der Waals surface area (Å²) in [5.41, 5.74) is 2.98. The van der Waals surface area contributed by atoms with Gasteiger partial charge in [-0.25, -0.2) is 0 Å². The second kappa shape index (κ2) is 3.42. The number of aromatic nitrogens is 2. The number of hydrogen-bond donors (Lipinski definition) is 0. The average molecular weight is 291 g/mol. The van der Waals surface area contributed by atoms with Gasteiger partial charge in [-0.15, -0.1) is 0 Å². The van der Waals surface area contributed by atoms with Crippen molar-refractivity contribution >= 4 is 15.9 Å². The molecule has 3 atom stereocenters. The third-order valence-corrected chi connectivity index (χ3v) is 4.35. The van der Waals surface area contributed by atoms with E-state index in [4.69, 9.17) is 4.52 Å². The van der Waals surface area contributed by atoms with Crippen molar-refractivity contribution in [3.05, 3.63) is 46.0 Å². The molecule has 3 nitrogen and oxygen atoms in total. The molecule has 0 N–H and O–H groups in total. The van der Waals surface area contributed by atoms with Gasteiger partial charge in [-0.3, -0.25) is 0 Å². The van der Waals surface area contributed by atoms with Crippen LogP contribution < -0.4 is 0 Å². The zero-order valence-corrected chi connectivity index (χ0v) is 10.7. The third-order valence-electron chi connectivity index (χ3n) is 4.03. The maximum atomic E-state index is 5.29. The Morgan fingerprint density at radius 2 is 2.12 bits per heavy atom. The lowest BCUT2D eigenvalue weighted by atomic mass is 9.92. The largest absolute Gasteiger partial charge is 0.338 e. The Balaban J connectivity index is 1.73. The van der Waals surface area contributed by atoms with E-state index in [0.29, 0.717) is 22.5 Å². The third kappa shape index (κ3) is 1.40. The van der Waals surface area contributed by atoms with Crippen molar-refractivity contribution in [3.63, 3.8) is 0 Å². The Morgan fingerprint density at radius 3 is 2.94 bits per heavy atom. The maximum absolute atomic E-state index is 5.29. The number of hydrogen-bond acceptors (Lipinski definition) is 3. The lowest BCUT2D eigenvalue weighted by Gasteiger charge is -2.13. The van der Waals surface area contributed by atoms with Crippen LogP contribution in [0, 0.1) is 5.92 Å². The fourth-order valence-electron chi connectivity index (χ4n) is 3.25. The molecule has 2 aliphatic carbocycles. The predicted molar refractivity (Wildman–Crippen MR) is 65.7 cm³/mol. The maximum Gasteiger partial charge on any atom is 0.238 e. The number of fused-ring (bicyclic) bond motifs is 3. The van der Waals surface area contributed by atoms with Crippen molar-refractivity contribution in [3.8, 4) is 0 Å². The van der Waals surface area contributed by atoms with Gasteiger partial charge in [0.25, 0.3) is 0 Å². The highest BCUT2D eigenvalue weighted by atomic mass is 79.9. The second-order valence-electron chi connectivity index (χ2n) is 4.85. The van der Waals surface area contributed by atoms with Gasteiger partial charge >= 0.3 is 0 Å². The molecule has 1 heterocycles. The summed E-state index contributed by atoms with van der Waals surface area (Å²) in [5, 5.41) is 3.82. The standard InChI is InChI=1S/C13H11BrN2O/c14-13-15-12(17-16-13)11-9-6-5-7-3-1-2-4-8(7)10(9)11/h1-4,9-11H,5-6H2. The SMILES string of the molecule is Brc1noc(C2C3CCc4ccccc4C32)n1. The van der Waals surface area contributed by atoms with Crippen molar-refractivity contribution in [2.75, 3.05) is 0 Å². The molecule has 0 spiro atoms. The van der Waals surface area contributed by atoms with Crippen LogP contribution in [0.5, 0.6) is 0 Å². The van der Waals surface area contributed by atoms with E-state index in [1.807, 2.05) is 0 Å². The van der Waals surface area contributed by atoms with Crippen LogP contribution in [-0.2, 0) is 6.42 Å². The first-order valence-electron chi connectivity index (χ1n) is 5.91. The molecule has 2 aliphatic rings. The second-order valence-corrected chi connectivity index (χ2v) is 5.56. The Labute approximate surface area is 107 Å². The van der Waals surface area contributed by atoms with E-state index in [2.05, 4.69) is 50.3 Å². The summed E-state index contributed by atoms with van der Waals surface area (Å²) in [5.74, 6) is 2.55. The van der Waals surface area contributed by atoms with E-state index in [1.165, 1.54) is 24.0 Å². The van der Waals surface area contributed by atoms with Crippen molar-refractivity contribution in [2.45, 2.75) is 24.7 Å². The highest BCUT2D eigenvalue weighted by Crippen LogP contribution is 2.64. The molecule has 2 aromatic rings. The molecule has 4 heteroatoms. The highest BCUT2D eigenvalue weighted by molar-refractivity contribution is 9.10.